The van der Waals surface area contributed by atoms with Crippen molar-refractivity contribution < 1.29 is 9.18 Å². The fourth-order valence-electron chi connectivity index (χ4n) is 3.56. The Morgan fingerprint density at radius 2 is 1.76 bits per heavy atom. The van der Waals surface area contributed by atoms with Crippen molar-refractivity contribution in [3.63, 3.8) is 0 Å². The number of nitrogens with zero attached hydrogens (tertiary/aromatic N) is 2. The molecule has 0 radical (unpaired) electrons. The number of piperidine rings is 1. The Labute approximate surface area is 149 Å². The van der Waals surface area contributed by atoms with Gasteiger partial charge in [-0.05, 0) is 38.0 Å². The molecule has 2 aromatic carbocycles. The van der Waals surface area contributed by atoms with Gasteiger partial charge in [-0.1, -0.05) is 35.9 Å². The topological polar surface area (TPSA) is 23.6 Å². The van der Waals surface area contributed by atoms with Crippen LogP contribution >= 0.6 is 0 Å². The van der Waals surface area contributed by atoms with Gasteiger partial charge in [0.25, 0.3) is 0 Å². The van der Waals surface area contributed by atoms with E-state index in [0.29, 0.717) is 6.54 Å². The number of carbonyl (C=O) groups is 1. The summed E-state index contributed by atoms with van der Waals surface area (Å²) in [7, 11) is 0. The highest BCUT2D eigenvalue weighted by Gasteiger charge is 2.27. The molecule has 2 aromatic rings. The van der Waals surface area contributed by atoms with Crippen molar-refractivity contribution in [1.29, 1.82) is 0 Å². The van der Waals surface area contributed by atoms with Gasteiger partial charge in [-0.25, -0.2) is 4.39 Å². The van der Waals surface area contributed by atoms with Crippen LogP contribution in [0.2, 0.25) is 0 Å². The molecule has 0 N–H and O–H groups in total. The molecule has 0 aromatic heterocycles. The molecule has 132 valence electrons. The molecule has 3 rings (SSSR count). The minimum atomic E-state index is -0.144. The van der Waals surface area contributed by atoms with E-state index in [0.717, 1.165) is 37.2 Å². The third-order valence-corrected chi connectivity index (χ3v) is 4.93. The summed E-state index contributed by atoms with van der Waals surface area (Å²) >= 11 is 0. The quantitative estimate of drug-likeness (QED) is 0.835. The molecule has 0 unspecified atom stereocenters. The van der Waals surface area contributed by atoms with E-state index < -0.39 is 0 Å². The second-order valence-electron chi connectivity index (χ2n) is 6.82. The van der Waals surface area contributed by atoms with Crippen LogP contribution in [0.15, 0.2) is 48.5 Å². The molecule has 4 heteroatoms. The summed E-state index contributed by atoms with van der Waals surface area (Å²) in [5.41, 5.74) is 2.89. The number of benzene rings is 2. The van der Waals surface area contributed by atoms with Gasteiger partial charge in [0, 0.05) is 43.9 Å². The highest BCUT2D eigenvalue weighted by molar-refractivity contribution is 5.92. The van der Waals surface area contributed by atoms with Crippen LogP contribution in [-0.2, 0) is 11.3 Å². The Kier molecular flexibility index (Phi) is 5.49. The predicted molar refractivity (Wildman–Crippen MR) is 99.0 cm³/mol. The van der Waals surface area contributed by atoms with E-state index in [4.69, 9.17) is 0 Å². The number of amides is 1. The molecule has 0 saturated carbocycles. The van der Waals surface area contributed by atoms with Gasteiger partial charge in [0.2, 0.25) is 5.91 Å². The van der Waals surface area contributed by atoms with Crippen LogP contribution in [0.5, 0.6) is 0 Å². The van der Waals surface area contributed by atoms with Gasteiger partial charge in [-0.2, -0.15) is 0 Å². The van der Waals surface area contributed by atoms with Crippen molar-refractivity contribution in [2.75, 3.05) is 18.0 Å². The molecule has 3 nitrogen and oxygen atoms in total. The van der Waals surface area contributed by atoms with Gasteiger partial charge in [-0.3, -0.25) is 9.69 Å². The lowest BCUT2D eigenvalue weighted by Gasteiger charge is -2.38. The number of aryl methyl sites for hydroxylation is 1. The molecule has 25 heavy (non-hydrogen) atoms. The van der Waals surface area contributed by atoms with Crippen molar-refractivity contribution in [3.05, 3.63) is 65.5 Å². The fourth-order valence-corrected chi connectivity index (χ4v) is 3.56. The Bertz CT molecular complexity index is 721. The summed E-state index contributed by atoms with van der Waals surface area (Å²) in [5, 5.41) is 0. The summed E-state index contributed by atoms with van der Waals surface area (Å²) < 4.78 is 13.8. The highest BCUT2D eigenvalue weighted by Crippen LogP contribution is 2.25. The average molecular weight is 340 g/mol. The molecule has 1 fully saturated rings. The van der Waals surface area contributed by atoms with Gasteiger partial charge in [0.1, 0.15) is 5.82 Å². The Morgan fingerprint density at radius 1 is 1.12 bits per heavy atom. The van der Waals surface area contributed by atoms with Crippen molar-refractivity contribution in [2.24, 2.45) is 0 Å². The molecular formula is C21H25FN2O. The maximum Gasteiger partial charge on any atom is 0.224 e. The van der Waals surface area contributed by atoms with E-state index in [1.807, 2.05) is 48.2 Å². The van der Waals surface area contributed by atoms with Gasteiger partial charge >= 0.3 is 0 Å². The molecule has 0 spiro atoms. The molecule has 1 amide bonds. The molecule has 1 aliphatic heterocycles. The summed E-state index contributed by atoms with van der Waals surface area (Å²) in [4.78, 5) is 16.4. The summed E-state index contributed by atoms with van der Waals surface area (Å²) in [6.45, 7) is 6.04. The molecule has 0 atom stereocenters. The number of carbonyl (C=O) groups excluding carboxylic acids is 1. The number of halogens is 1. The van der Waals surface area contributed by atoms with Crippen molar-refractivity contribution in [3.8, 4) is 0 Å². The number of rotatable bonds is 4. The van der Waals surface area contributed by atoms with Crippen LogP contribution in [0, 0.1) is 12.7 Å². The minimum absolute atomic E-state index is 0.0800. The Hall–Kier alpha value is -2.20. The smallest absolute Gasteiger partial charge is 0.224 e. The van der Waals surface area contributed by atoms with Crippen LogP contribution in [0.25, 0.3) is 0 Å². The summed E-state index contributed by atoms with van der Waals surface area (Å²) in [6, 6.07) is 15.3. The summed E-state index contributed by atoms with van der Waals surface area (Å²) in [5.74, 6) is -0.0638. The zero-order valence-electron chi connectivity index (χ0n) is 14.9. The minimum Gasteiger partial charge on any atom is -0.310 e. The number of likely N-dealkylation sites (tertiary alicyclic amines) is 1. The van der Waals surface area contributed by atoms with E-state index in [2.05, 4.69) is 4.90 Å². The molecule has 1 aliphatic rings. The van der Waals surface area contributed by atoms with Crippen LogP contribution in [0.3, 0.4) is 0 Å². The van der Waals surface area contributed by atoms with Crippen LogP contribution in [0.1, 0.15) is 30.9 Å². The zero-order chi connectivity index (χ0) is 17.8. The zero-order valence-corrected chi connectivity index (χ0v) is 14.9. The number of hydrogen-bond acceptors (Lipinski definition) is 2. The van der Waals surface area contributed by atoms with Crippen LogP contribution in [-0.4, -0.2) is 29.9 Å². The third-order valence-electron chi connectivity index (χ3n) is 4.93. The first-order valence-corrected chi connectivity index (χ1v) is 8.87. The van der Waals surface area contributed by atoms with Gasteiger partial charge in [0.05, 0.1) is 0 Å². The highest BCUT2D eigenvalue weighted by atomic mass is 19.1. The molecule has 0 bridgehead atoms. The van der Waals surface area contributed by atoms with E-state index in [1.54, 1.807) is 13.0 Å². The number of anilines is 1. The van der Waals surface area contributed by atoms with Gasteiger partial charge < -0.3 is 4.90 Å². The van der Waals surface area contributed by atoms with E-state index in [1.165, 1.54) is 11.6 Å². The maximum atomic E-state index is 13.8. The predicted octanol–water partition coefficient (Wildman–Crippen LogP) is 4.15. The van der Waals surface area contributed by atoms with Gasteiger partial charge in [-0.15, -0.1) is 0 Å². The monoisotopic (exact) mass is 340 g/mol. The molecular weight excluding hydrogens is 315 g/mol. The van der Waals surface area contributed by atoms with E-state index in [9.17, 15) is 9.18 Å². The van der Waals surface area contributed by atoms with Crippen LogP contribution in [0.4, 0.5) is 10.1 Å². The summed E-state index contributed by atoms with van der Waals surface area (Å²) in [6.07, 6.45) is 1.81. The lowest BCUT2D eigenvalue weighted by molar-refractivity contribution is -0.117. The van der Waals surface area contributed by atoms with Gasteiger partial charge in [0.15, 0.2) is 0 Å². The molecule has 1 heterocycles. The molecule has 0 aliphatic carbocycles. The fraction of sp³-hybridized carbons (Fsp3) is 0.381. The second kappa shape index (κ2) is 7.79. The average Bonchev–Trinajstić information content (AvgIpc) is 2.60. The molecule has 1 saturated heterocycles. The lowest BCUT2D eigenvalue weighted by Crippen LogP contribution is -2.46. The SMILES string of the molecule is CC(=O)N(c1ccc(C)cc1)C1CCN(Cc2ccccc2F)CC1. The normalized spacial score (nSPS) is 16.0. The second-order valence-corrected chi connectivity index (χ2v) is 6.82. The van der Waals surface area contributed by atoms with Crippen molar-refractivity contribution in [1.82, 2.24) is 4.90 Å². The van der Waals surface area contributed by atoms with Crippen molar-refractivity contribution >= 4 is 11.6 Å². The van der Waals surface area contributed by atoms with Crippen molar-refractivity contribution in [2.45, 2.75) is 39.3 Å². The first-order valence-electron chi connectivity index (χ1n) is 8.87. The maximum absolute atomic E-state index is 13.8. The Balaban J connectivity index is 1.64. The Morgan fingerprint density at radius 3 is 2.36 bits per heavy atom. The largest absolute Gasteiger partial charge is 0.310 e. The standard InChI is InChI=1S/C21H25FN2O/c1-16-7-9-19(10-8-16)24(17(2)25)20-11-13-23(14-12-20)15-18-5-3-4-6-21(18)22/h3-10,20H,11-15H2,1-2H3. The number of hydrogen-bond donors (Lipinski definition) is 0. The van der Waals surface area contributed by atoms with E-state index >= 15 is 0 Å². The first-order chi connectivity index (χ1) is 12.0. The first kappa shape index (κ1) is 17.6. The van der Waals surface area contributed by atoms with Crippen LogP contribution < -0.4 is 4.90 Å². The lowest BCUT2D eigenvalue weighted by atomic mass is 10.0. The third kappa shape index (κ3) is 4.26. The van der Waals surface area contributed by atoms with E-state index in [-0.39, 0.29) is 17.8 Å².